The lowest BCUT2D eigenvalue weighted by Gasteiger charge is -2.01. The maximum absolute atomic E-state index is 11.9. The summed E-state index contributed by atoms with van der Waals surface area (Å²) in [5.74, 6) is -0.178. The summed E-state index contributed by atoms with van der Waals surface area (Å²) in [6.45, 7) is 2.27. The molecular weight excluding hydrogens is 323 g/mol. The SMILES string of the molecule is CCCCCCc1ccsc1-c1cccs1.Fc1ccccc1. The predicted molar refractivity (Wildman–Crippen MR) is 102 cm³/mol. The summed E-state index contributed by atoms with van der Waals surface area (Å²) >= 11 is 3.73. The molecule has 0 aliphatic heterocycles. The fourth-order valence-corrected chi connectivity index (χ4v) is 4.18. The van der Waals surface area contributed by atoms with Crippen molar-refractivity contribution in [2.75, 3.05) is 0 Å². The van der Waals surface area contributed by atoms with Crippen molar-refractivity contribution in [2.24, 2.45) is 0 Å². The Kier molecular flexibility index (Phi) is 8.05. The quantitative estimate of drug-likeness (QED) is 0.407. The molecule has 0 N–H and O–H groups in total. The molecule has 2 aromatic heterocycles. The van der Waals surface area contributed by atoms with Crippen LogP contribution in [0.15, 0.2) is 59.3 Å². The molecular formula is C20H23FS2. The summed E-state index contributed by atoms with van der Waals surface area (Å²) in [7, 11) is 0. The summed E-state index contributed by atoms with van der Waals surface area (Å²) in [5.41, 5.74) is 1.54. The lowest BCUT2D eigenvalue weighted by molar-refractivity contribution is 0.628. The van der Waals surface area contributed by atoms with Gasteiger partial charge >= 0.3 is 0 Å². The average molecular weight is 347 g/mol. The summed E-state index contributed by atoms with van der Waals surface area (Å²) in [4.78, 5) is 2.92. The van der Waals surface area contributed by atoms with Crippen LogP contribution in [-0.4, -0.2) is 0 Å². The van der Waals surface area contributed by atoms with Gasteiger partial charge in [0.05, 0.1) is 0 Å². The number of hydrogen-bond donors (Lipinski definition) is 0. The topological polar surface area (TPSA) is 0 Å². The first-order valence-corrected chi connectivity index (χ1v) is 9.88. The molecule has 0 bridgehead atoms. The van der Waals surface area contributed by atoms with Crippen LogP contribution < -0.4 is 0 Å². The Morgan fingerprint density at radius 1 is 0.826 bits per heavy atom. The Morgan fingerprint density at radius 2 is 1.65 bits per heavy atom. The maximum atomic E-state index is 11.9. The number of aryl methyl sites for hydroxylation is 1. The van der Waals surface area contributed by atoms with Crippen molar-refractivity contribution >= 4 is 22.7 Å². The Morgan fingerprint density at radius 3 is 2.26 bits per heavy atom. The zero-order chi connectivity index (χ0) is 16.3. The minimum absolute atomic E-state index is 0.178. The monoisotopic (exact) mass is 346 g/mol. The molecule has 0 unspecified atom stereocenters. The molecule has 0 spiro atoms. The smallest absolute Gasteiger partial charge is 0.123 e. The second-order valence-electron chi connectivity index (χ2n) is 5.36. The third-order valence-electron chi connectivity index (χ3n) is 3.52. The molecule has 3 aromatic rings. The van der Waals surface area contributed by atoms with Gasteiger partial charge in [0.2, 0.25) is 0 Å². The summed E-state index contributed by atoms with van der Waals surface area (Å²) in [6, 6.07) is 14.6. The van der Waals surface area contributed by atoms with Crippen molar-refractivity contribution < 1.29 is 4.39 Å². The number of unbranched alkanes of at least 4 members (excludes halogenated alkanes) is 3. The molecule has 1 aromatic carbocycles. The van der Waals surface area contributed by atoms with Crippen LogP contribution in [0.1, 0.15) is 38.2 Å². The van der Waals surface area contributed by atoms with Crippen LogP contribution in [0.25, 0.3) is 9.75 Å². The van der Waals surface area contributed by atoms with Gasteiger partial charge in [0, 0.05) is 9.75 Å². The van der Waals surface area contributed by atoms with Crippen LogP contribution in [0, 0.1) is 5.82 Å². The fourth-order valence-electron chi connectivity index (χ4n) is 2.31. The molecule has 0 saturated heterocycles. The zero-order valence-electron chi connectivity index (χ0n) is 13.5. The van der Waals surface area contributed by atoms with Gasteiger partial charge in [-0.3, -0.25) is 0 Å². The molecule has 0 nitrogen and oxygen atoms in total. The third kappa shape index (κ3) is 6.28. The molecule has 2 heterocycles. The highest BCUT2D eigenvalue weighted by atomic mass is 32.1. The Hall–Kier alpha value is -1.45. The molecule has 0 aliphatic carbocycles. The van der Waals surface area contributed by atoms with Crippen molar-refractivity contribution in [3.8, 4) is 9.75 Å². The molecule has 0 amide bonds. The van der Waals surface area contributed by atoms with Gasteiger partial charge in [0.25, 0.3) is 0 Å². The fraction of sp³-hybridized carbons (Fsp3) is 0.300. The zero-order valence-corrected chi connectivity index (χ0v) is 15.1. The van der Waals surface area contributed by atoms with Crippen LogP contribution >= 0.6 is 22.7 Å². The van der Waals surface area contributed by atoms with Crippen molar-refractivity contribution in [1.82, 2.24) is 0 Å². The van der Waals surface area contributed by atoms with E-state index in [-0.39, 0.29) is 5.82 Å². The number of halogens is 1. The Labute approximate surface area is 146 Å². The van der Waals surface area contributed by atoms with E-state index in [1.54, 1.807) is 23.8 Å². The second kappa shape index (κ2) is 10.3. The van der Waals surface area contributed by atoms with Gasteiger partial charge in [0.15, 0.2) is 0 Å². The molecule has 3 heteroatoms. The van der Waals surface area contributed by atoms with E-state index < -0.39 is 0 Å². The average Bonchev–Trinajstić information content (AvgIpc) is 3.24. The van der Waals surface area contributed by atoms with Gasteiger partial charge in [-0.2, -0.15) is 0 Å². The van der Waals surface area contributed by atoms with Gasteiger partial charge in [-0.15, -0.1) is 22.7 Å². The van der Waals surface area contributed by atoms with Gasteiger partial charge in [-0.05, 0) is 53.4 Å². The van der Waals surface area contributed by atoms with E-state index in [0.29, 0.717) is 0 Å². The predicted octanol–water partition coefficient (Wildman–Crippen LogP) is 7.43. The highest BCUT2D eigenvalue weighted by molar-refractivity contribution is 7.20. The molecule has 0 fully saturated rings. The lowest BCUT2D eigenvalue weighted by atomic mass is 10.1. The first-order chi connectivity index (χ1) is 11.3. The normalized spacial score (nSPS) is 10.2. The van der Waals surface area contributed by atoms with E-state index in [1.165, 1.54) is 54.0 Å². The molecule has 0 atom stereocenters. The highest BCUT2D eigenvalue weighted by Gasteiger charge is 2.07. The van der Waals surface area contributed by atoms with E-state index >= 15 is 0 Å². The lowest BCUT2D eigenvalue weighted by Crippen LogP contribution is -1.85. The summed E-state index contributed by atoms with van der Waals surface area (Å²) < 4.78 is 11.9. The number of benzene rings is 1. The van der Waals surface area contributed by atoms with Crippen molar-refractivity contribution in [3.05, 3.63) is 70.7 Å². The summed E-state index contributed by atoms with van der Waals surface area (Å²) in [5, 5.41) is 4.39. The molecule has 3 rings (SSSR count). The van der Waals surface area contributed by atoms with Gasteiger partial charge in [0.1, 0.15) is 5.82 Å². The van der Waals surface area contributed by atoms with Crippen molar-refractivity contribution in [2.45, 2.75) is 39.0 Å². The van der Waals surface area contributed by atoms with Gasteiger partial charge in [-0.25, -0.2) is 4.39 Å². The van der Waals surface area contributed by atoms with Crippen LogP contribution in [0.3, 0.4) is 0 Å². The largest absolute Gasteiger partial charge is 0.207 e. The van der Waals surface area contributed by atoms with Crippen LogP contribution in [0.5, 0.6) is 0 Å². The van der Waals surface area contributed by atoms with E-state index in [4.69, 9.17) is 0 Å². The van der Waals surface area contributed by atoms with E-state index in [0.717, 1.165) is 0 Å². The number of thiophene rings is 2. The number of rotatable bonds is 6. The number of hydrogen-bond acceptors (Lipinski definition) is 2. The third-order valence-corrected chi connectivity index (χ3v) is 5.53. The Balaban J connectivity index is 0.000000229. The first-order valence-electron chi connectivity index (χ1n) is 8.12. The van der Waals surface area contributed by atoms with Gasteiger partial charge < -0.3 is 0 Å². The summed E-state index contributed by atoms with van der Waals surface area (Å²) in [6.07, 6.45) is 6.65. The standard InChI is InChI=1S/C14H18S2.C6H5F/c1-2-3-4-5-7-12-9-11-16-14(12)13-8-6-10-15-13;7-6-4-2-1-3-5-6/h6,8-11H,2-5,7H2,1H3;1-5H. The maximum Gasteiger partial charge on any atom is 0.123 e. The van der Waals surface area contributed by atoms with Crippen LogP contribution in [0.4, 0.5) is 4.39 Å². The molecule has 0 aliphatic rings. The van der Waals surface area contributed by atoms with Crippen LogP contribution in [-0.2, 0) is 6.42 Å². The van der Waals surface area contributed by atoms with Crippen molar-refractivity contribution in [1.29, 1.82) is 0 Å². The minimum Gasteiger partial charge on any atom is -0.207 e. The Bertz CT molecular complexity index is 641. The van der Waals surface area contributed by atoms with Crippen LogP contribution in [0.2, 0.25) is 0 Å². The highest BCUT2D eigenvalue weighted by Crippen LogP contribution is 2.33. The second-order valence-corrected chi connectivity index (χ2v) is 7.22. The molecule has 122 valence electrons. The van der Waals surface area contributed by atoms with E-state index in [2.05, 4.69) is 35.9 Å². The first kappa shape index (κ1) is 17.9. The molecule has 0 radical (unpaired) electrons. The van der Waals surface area contributed by atoms with Crippen molar-refractivity contribution in [3.63, 3.8) is 0 Å². The van der Waals surface area contributed by atoms with Gasteiger partial charge in [-0.1, -0.05) is 50.5 Å². The van der Waals surface area contributed by atoms with E-state index in [1.807, 2.05) is 22.7 Å². The van der Waals surface area contributed by atoms with E-state index in [9.17, 15) is 4.39 Å². The minimum atomic E-state index is -0.178. The molecule has 0 saturated carbocycles. The molecule has 23 heavy (non-hydrogen) atoms.